The first-order valence-electron chi connectivity index (χ1n) is 5.60. The standard InChI is InChI=1S/C11H10N6O4/c12-4-3-8-6-14-11(13)15(8)9-2-1-7(16(18)19)5-10(9)17(20)21/h1-6H,12H2,(H2,13,14)/b4-3-. The summed E-state index contributed by atoms with van der Waals surface area (Å²) in [6.07, 6.45) is 4.06. The molecule has 2 rings (SSSR count). The number of rotatable bonds is 4. The highest BCUT2D eigenvalue weighted by Crippen LogP contribution is 2.30. The Labute approximate surface area is 117 Å². The number of nitrogen functional groups attached to an aromatic ring is 1. The van der Waals surface area contributed by atoms with Crippen molar-refractivity contribution in [3.8, 4) is 5.69 Å². The Morgan fingerprint density at radius 3 is 2.52 bits per heavy atom. The van der Waals surface area contributed by atoms with Gasteiger partial charge in [-0.3, -0.25) is 24.8 Å². The van der Waals surface area contributed by atoms with Gasteiger partial charge in [0.25, 0.3) is 11.4 Å². The van der Waals surface area contributed by atoms with Gasteiger partial charge < -0.3 is 11.5 Å². The summed E-state index contributed by atoms with van der Waals surface area (Å²) >= 11 is 0. The highest BCUT2D eigenvalue weighted by Gasteiger charge is 2.23. The maximum atomic E-state index is 11.1. The van der Waals surface area contributed by atoms with Crippen molar-refractivity contribution >= 4 is 23.4 Å². The van der Waals surface area contributed by atoms with Crippen LogP contribution in [0.15, 0.2) is 30.6 Å². The van der Waals surface area contributed by atoms with Gasteiger partial charge in [-0.25, -0.2) is 4.98 Å². The van der Waals surface area contributed by atoms with Crippen molar-refractivity contribution in [3.05, 3.63) is 56.5 Å². The molecular weight excluding hydrogens is 280 g/mol. The number of nitro groups is 2. The summed E-state index contributed by atoms with van der Waals surface area (Å²) < 4.78 is 1.28. The van der Waals surface area contributed by atoms with E-state index in [0.717, 1.165) is 12.1 Å². The van der Waals surface area contributed by atoms with Gasteiger partial charge in [0.15, 0.2) is 0 Å². The summed E-state index contributed by atoms with van der Waals surface area (Å²) in [5, 5.41) is 21.9. The van der Waals surface area contributed by atoms with Crippen molar-refractivity contribution in [1.29, 1.82) is 0 Å². The van der Waals surface area contributed by atoms with E-state index in [2.05, 4.69) is 4.98 Å². The minimum Gasteiger partial charge on any atom is -0.405 e. The van der Waals surface area contributed by atoms with Crippen LogP contribution in [-0.2, 0) is 0 Å². The number of non-ortho nitro benzene ring substituents is 1. The molecule has 21 heavy (non-hydrogen) atoms. The summed E-state index contributed by atoms with van der Waals surface area (Å²) in [6, 6.07) is 3.25. The Bertz CT molecular complexity index is 751. The molecule has 0 aliphatic carbocycles. The second-order valence-electron chi connectivity index (χ2n) is 3.92. The van der Waals surface area contributed by atoms with E-state index in [9.17, 15) is 20.2 Å². The molecule has 4 N–H and O–H groups in total. The van der Waals surface area contributed by atoms with Crippen LogP contribution in [0.1, 0.15) is 5.69 Å². The van der Waals surface area contributed by atoms with E-state index in [0.29, 0.717) is 5.69 Å². The molecule has 0 aliphatic rings. The Morgan fingerprint density at radius 2 is 1.95 bits per heavy atom. The molecule has 0 aliphatic heterocycles. The lowest BCUT2D eigenvalue weighted by Gasteiger charge is -2.08. The normalized spacial score (nSPS) is 10.9. The van der Waals surface area contributed by atoms with Crippen molar-refractivity contribution in [1.82, 2.24) is 9.55 Å². The Morgan fingerprint density at radius 1 is 1.24 bits per heavy atom. The molecule has 0 bridgehead atoms. The number of hydrogen-bond acceptors (Lipinski definition) is 7. The number of aromatic nitrogens is 2. The summed E-state index contributed by atoms with van der Waals surface area (Å²) in [6.45, 7) is 0. The molecule has 0 amide bonds. The van der Waals surface area contributed by atoms with Crippen LogP contribution in [0.5, 0.6) is 0 Å². The largest absolute Gasteiger partial charge is 0.405 e. The van der Waals surface area contributed by atoms with Gasteiger partial charge in [-0.15, -0.1) is 0 Å². The van der Waals surface area contributed by atoms with Gasteiger partial charge in [0.2, 0.25) is 5.95 Å². The van der Waals surface area contributed by atoms with Gasteiger partial charge in [0.05, 0.1) is 27.8 Å². The van der Waals surface area contributed by atoms with Gasteiger partial charge >= 0.3 is 0 Å². The van der Waals surface area contributed by atoms with Crippen LogP contribution in [0.3, 0.4) is 0 Å². The average molecular weight is 290 g/mol. The van der Waals surface area contributed by atoms with Gasteiger partial charge in [-0.05, 0) is 18.3 Å². The topological polar surface area (TPSA) is 156 Å². The zero-order valence-electron chi connectivity index (χ0n) is 10.5. The molecule has 0 atom stereocenters. The third-order valence-corrected chi connectivity index (χ3v) is 2.69. The molecule has 10 heteroatoms. The maximum absolute atomic E-state index is 11.1. The highest BCUT2D eigenvalue weighted by molar-refractivity contribution is 5.63. The zero-order chi connectivity index (χ0) is 15.6. The third-order valence-electron chi connectivity index (χ3n) is 2.69. The molecule has 1 aromatic carbocycles. The van der Waals surface area contributed by atoms with E-state index in [4.69, 9.17) is 11.5 Å². The lowest BCUT2D eigenvalue weighted by molar-refractivity contribution is -0.394. The third kappa shape index (κ3) is 2.49. The van der Waals surface area contributed by atoms with E-state index >= 15 is 0 Å². The molecule has 0 spiro atoms. The summed E-state index contributed by atoms with van der Waals surface area (Å²) in [5.41, 5.74) is 10.6. The van der Waals surface area contributed by atoms with E-state index in [1.807, 2.05) is 0 Å². The van der Waals surface area contributed by atoms with Crippen LogP contribution in [0.4, 0.5) is 17.3 Å². The van der Waals surface area contributed by atoms with E-state index in [-0.39, 0.29) is 17.3 Å². The van der Waals surface area contributed by atoms with Gasteiger partial charge in [-0.2, -0.15) is 0 Å². The SMILES string of the molecule is N/C=C\c1cnc(N)n1-c1ccc([N+](=O)[O-])cc1[N+](=O)[O-]. The predicted molar refractivity (Wildman–Crippen MR) is 74.5 cm³/mol. The summed E-state index contributed by atoms with van der Waals surface area (Å²) in [7, 11) is 0. The van der Waals surface area contributed by atoms with Crippen LogP contribution in [0.25, 0.3) is 11.8 Å². The first-order valence-corrected chi connectivity index (χ1v) is 5.60. The lowest BCUT2D eigenvalue weighted by atomic mass is 10.2. The minimum atomic E-state index is -0.724. The highest BCUT2D eigenvalue weighted by atomic mass is 16.6. The number of imidazole rings is 1. The fourth-order valence-corrected chi connectivity index (χ4v) is 1.82. The first-order chi connectivity index (χ1) is 9.95. The molecular formula is C11H10N6O4. The fourth-order valence-electron chi connectivity index (χ4n) is 1.82. The second kappa shape index (κ2) is 5.28. The van der Waals surface area contributed by atoms with Crippen LogP contribution in [-0.4, -0.2) is 19.4 Å². The number of anilines is 1. The van der Waals surface area contributed by atoms with Crippen LogP contribution in [0, 0.1) is 20.2 Å². The molecule has 0 saturated carbocycles. The summed E-state index contributed by atoms with van der Waals surface area (Å²) in [5.74, 6) is 0.0000491. The van der Waals surface area contributed by atoms with Gasteiger partial charge in [0.1, 0.15) is 5.69 Å². The fraction of sp³-hybridized carbons (Fsp3) is 0. The Kier molecular flexibility index (Phi) is 3.52. The number of benzene rings is 1. The number of hydrogen-bond donors (Lipinski definition) is 2. The molecule has 1 aromatic heterocycles. The van der Waals surface area contributed by atoms with Crippen LogP contribution in [0.2, 0.25) is 0 Å². The molecule has 0 fully saturated rings. The number of nitrogens with two attached hydrogens (primary N) is 2. The summed E-state index contributed by atoms with van der Waals surface area (Å²) in [4.78, 5) is 24.3. The number of nitrogens with zero attached hydrogens (tertiary/aromatic N) is 4. The lowest BCUT2D eigenvalue weighted by Crippen LogP contribution is -2.06. The predicted octanol–water partition coefficient (Wildman–Crippen LogP) is 1.20. The van der Waals surface area contributed by atoms with Crippen molar-refractivity contribution in [2.24, 2.45) is 5.73 Å². The molecule has 0 radical (unpaired) electrons. The zero-order valence-corrected chi connectivity index (χ0v) is 10.5. The van der Waals surface area contributed by atoms with Crippen molar-refractivity contribution in [2.75, 3.05) is 5.73 Å². The van der Waals surface area contributed by atoms with Crippen LogP contribution >= 0.6 is 0 Å². The molecule has 108 valence electrons. The van der Waals surface area contributed by atoms with E-state index in [1.165, 1.54) is 29.1 Å². The molecule has 10 nitrogen and oxygen atoms in total. The monoisotopic (exact) mass is 290 g/mol. The molecule has 0 saturated heterocycles. The van der Waals surface area contributed by atoms with Crippen LogP contribution < -0.4 is 11.5 Å². The molecule has 2 aromatic rings. The van der Waals surface area contributed by atoms with Gasteiger partial charge in [-0.1, -0.05) is 0 Å². The second-order valence-corrected chi connectivity index (χ2v) is 3.92. The maximum Gasteiger partial charge on any atom is 0.300 e. The van der Waals surface area contributed by atoms with Crippen molar-refractivity contribution in [3.63, 3.8) is 0 Å². The van der Waals surface area contributed by atoms with Crippen molar-refractivity contribution < 1.29 is 9.85 Å². The first kappa shape index (κ1) is 14.0. The quantitative estimate of drug-likeness (QED) is 0.632. The number of nitro benzene ring substituents is 2. The van der Waals surface area contributed by atoms with Crippen molar-refractivity contribution in [2.45, 2.75) is 0 Å². The molecule has 0 unspecified atom stereocenters. The molecule has 1 heterocycles. The Hall–Kier alpha value is -3.43. The van der Waals surface area contributed by atoms with E-state index < -0.39 is 15.5 Å². The smallest absolute Gasteiger partial charge is 0.300 e. The average Bonchev–Trinajstić information content (AvgIpc) is 2.79. The minimum absolute atomic E-state index is 0.0000491. The Balaban J connectivity index is 2.72. The van der Waals surface area contributed by atoms with E-state index in [1.54, 1.807) is 0 Å². The van der Waals surface area contributed by atoms with Gasteiger partial charge in [0, 0.05) is 6.07 Å².